The van der Waals surface area contributed by atoms with Gasteiger partial charge in [0, 0.05) is 6.04 Å². The van der Waals surface area contributed by atoms with Gasteiger partial charge in [0.2, 0.25) is 6.41 Å². The van der Waals surface area contributed by atoms with E-state index in [0.29, 0.717) is 6.42 Å². The van der Waals surface area contributed by atoms with E-state index < -0.39 is 17.6 Å². The first-order valence-corrected chi connectivity index (χ1v) is 5.90. The van der Waals surface area contributed by atoms with Gasteiger partial charge in [0.25, 0.3) is 0 Å². The Labute approximate surface area is 105 Å². The first kappa shape index (κ1) is 16.6. The first-order chi connectivity index (χ1) is 7.41. The summed E-state index contributed by atoms with van der Waals surface area (Å²) in [5, 5.41) is 22.4. The molecular weight excluding hydrogens is 218 g/mol. The first-order valence-electron chi connectivity index (χ1n) is 5.90. The highest BCUT2D eigenvalue weighted by molar-refractivity contribution is 5.03. The molecule has 4 nitrogen and oxygen atoms in total. The zero-order chi connectivity index (χ0) is 13.9. The Morgan fingerprint density at radius 2 is 1.76 bits per heavy atom. The van der Waals surface area contributed by atoms with Crippen molar-refractivity contribution >= 4 is 0 Å². The monoisotopic (exact) mass is 245 g/mol. The maximum atomic E-state index is 9.78. The lowest BCUT2D eigenvalue weighted by molar-refractivity contribution is -0.185. The molecule has 102 valence electrons. The van der Waals surface area contributed by atoms with E-state index in [0.717, 1.165) is 5.57 Å². The molecule has 0 aromatic heterocycles. The van der Waals surface area contributed by atoms with Gasteiger partial charge in [0.05, 0.1) is 11.2 Å². The highest BCUT2D eigenvalue weighted by Gasteiger charge is 2.24. The fourth-order valence-corrected chi connectivity index (χ4v) is 1.42. The number of ether oxygens (including phenoxy) is 1. The summed E-state index contributed by atoms with van der Waals surface area (Å²) >= 11 is 0. The Morgan fingerprint density at radius 1 is 1.29 bits per heavy atom. The summed E-state index contributed by atoms with van der Waals surface area (Å²) in [5.41, 5.74) is -0.401. The van der Waals surface area contributed by atoms with Crippen molar-refractivity contribution in [3.63, 3.8) is 0 Å². The molecule has 0 heterocycles. The maximum absolute atomic E-state index is 9.78. The third-order valence-electron chi connectivity index (χ3n) is 2.11. The molecular formula is C13H27NO3. The largest absolute Gasteiger partial charge is 0.390 e. The minimum absolute atomic E-state index is 0.188. The summed E-state index contributed by atoms with van der Waals surface area (Å²) in [6.45, 7) is 14.7. The molecule has 0 saturated heterocycles. The second kappa shape index (κ2) is 5.96. The molecule has 2 atom stereocenters. The van der Waals surface area contributed by atoms with Crippen molar-refractivity contribution in [2.75, 3.05) is 0 Å². The van der Waals surface area contributed by atoms with Gasteiger partial charge >= 0.3 is 0 Å². The fourth-order valence-electron chi connectivity index (χ4n) is 1.42. The Hall–Kier alpha value is -0.420. The summed E-state index contributed by atoms with van der Waals surface area (Å²) < 4.78 is 5.35. The summed E-state index contributed by atoms with van der Waals surface area (Å²) in [6, 6.07) is -0.188. The molecule has 0 aromatic carbocycles. The van der Waals surface area contributed by atoms with Crippen molar-refractivity contribution in [1.82, 2.24) is 5.32 Å². The summed E-state index contributed by atoms with van der Waals surface area (Å²) in [6.07, 6.45) is -0.605. The lowest BCUT2D eigenvalue weighted by Crippen LogP contribution is -2.46. The molecule has 0 aromatic rings. The molecule has 4 heteroatoms. The summed E-state index contributed by atoms with van der Waals surface area (Å²) in [7, 11) is 0. The quantitative estimate of drug-likeness (QED) is 0.493. The minimum atomic E-state index is -1.07. The van der Waals surface area contributed by atoms with Crippen molar-refractivity contribution < 1.29 is 14.9 Å². The molecule has 0 aliphatic heterocycles. The van der Waals surface area contributed by atoms with Gasteiger partial charge in [-0.3, -0.25) is 5.32 Å². The number of rotatable bonds is 6. The predicted octanol–water partition coefficient (Wildman–Crippen LogP) is 1.77. The molecule has 0 radical (unpaired) electrons. The van der Waals surface area contributed by atoms with Crippen LogP contribution in [0.15, 0.2) is 12.2 Å². The van der Waals surface area contributed by atoms with Crippen molar-refractivity contribution in [2.45, 2.75) is 71.6 Å². The van der Waals surface area contributed by atoms with Crippen LogP contribution >= 0.6 is 0 Å². The molecule has 17 heavy (non-hydrogen) atoms. The van der Waals surface area contributed by atoms with Crippen molar-refractivity contribution in [3.8, 4) is 0 Å². The van der Waals surface area contributed by atoms with Crippen LogP contribution in [-0.2, 0) is 4.74 Å². The smallest absolute Gasteiger partial charge is 0.214 e. The van der Waals surface area contributed by atoms with E-state index in [-0.39, 0.29) is 6.04 Å². The van der Waals surface area contributed by atoms with E-state index >= 15 is 0 Å². The summed E-state index contributed by atoms with van der Waals surface area (Å²) in [5.74, 6) is 0. The average Bonchev–Trinajstić information content (AvgIpc) is 1.95. The molecule has 0 spiro atoms. The van der Waals surface area contributed by atoms with Gasteiger partial charge in [-0.1, -0.05) is 12.2 Å². The molecule has 1 unspecified atom stereocenters. The summed E-state index contributed by atoms with van der Waals surface area (Å²) in [4.78, 5) is 0. The highest BCUT2D eigenvalue weighted by atomic mass is 16.6. The van der Waals surface area contributed by atoms with Crippen LogP contribution in [0.1, 0.15) is 48.0 Å². The molecule has 0 amide bonds. The number of aliphatic hydroxyl groups excluding tert-OH is 1. The van der Waals surface area contributed by atoms with E-state index in [1.54, 1.807) is 13.8 Å². The van der Waals surface area contributed by atoms with Gasteiger partial charge < -0.3 is 14.9 Å². The normalized spacial score (nSPS) is 16.7. The average molecular weight is 245 g/mol. The lowest BCUT2D eigenvalue weighted by Gasteiger charge is -2.31. The van der Waals surface area contributed by atoms with Crippen molar-refractivity contribution in [3.05, 3.63) is 12.2 Å². The van der Waals surface area contributed by atoms with Crippen LogP contribution in [0.2, 0.25) is 0 Å². The maximum Gasteiger partial charge on any atom is 0.214 e. The van der Waals surface area contributed by atoms with Gasteiger partial charge in [-0.25, -0.2) is 0 Å². The van der Waals surface area contributed by atoms with Crippen LogP contribution in [0.3, 0.4) is 0 Å². The van der Waals surface area contributed by atoms with Crippen LogP contribution in [0, 0.1) is 0 Å². The van der Waals surface area contributed by atoms with Gasteiger partial charge in [-0.15, -0.1) is 0 Å². The minimum Gasteiger partial charge on any atom is -0.390 e. The zero-order valence-corrected chi connectivity index (χ0v) is 11.9. The zero-order valence-electron chi connectivity index (χ0n) is 11.9. The third kappa shape index (κ3) is 9.30. The van der Waals surface area contributed by atoms with E-state index in [4.69, 9.17) is 4.74 Å². The SMILES string of the molecule is C=C(C)[C@@H](CC(C)(C)O)NC(O)OC(C)(C)C. The fraction of sp³-hybridized carbons (Fsp3) is 0.846. The van der Waals surface area contributed by atoms with E-state index in [9.17, 15) is 10.2 Å². The van der Waals surface area contributed by atoms with Crippen LogP contribution in [0.5, 0.6) is 0 Å². The number of aliphatic hydroxyl groups is 2. The third-order valence-corrected chi connectivity index (χ3v) is 2.11. The molecule has 0 fully saturated rings. The van der Waals surface area contributed by atoms with Crippen LogP contribution in [-0.4, -0.2) is 33.9 Å². The lowest BCUT2D eigenvalue weighted by atomic mass is 9.95. The van der Waals surface area contributed by atoms with Gasteiger partial charge in [0.15, 0.2) is 0 Å². The van der Waals surface area contributed by atoms with Crippen molar-refractivity contribution in [2.24, 2.45) is 0 Å². The van der Waals surface area contributed by atoms with Gasteiger partial charge in [-0.2, -0.15) is 0 Å². The molecule has 3 N–H and O–H groups in total. The molecule has 0 aliphatic carbocycles. The van der Waals surface area contributed by atoms with E-state index in [2.05, 4.69) is 11.9 Å². The van der Waals surface area contributed by atoms with E-state index in [1.807, 2.05) is 27.7 Å². The Bertz CT molecular complexity index is 250. The van der Waals surface area contributed by atoms with E-state index in [1.165, 1.54) is 0 Å². The molecule has 0 saturated carbocycles. The number of hydrogen-bond donors (Lipinski definition) is 3. The van der Waals surface area contributed by atoms with Crippen LogP contribution < -0.4 is 5.32 Å². The standard InChI is InChI=1S/C13H27NO3/c1-9(2)10(8-13(6,7)16)14-11(15)17-12(3,4)5/h10-11,14-16H,1,8H2,2-7H3/t10-,11?/m1/s1. The molecule has 0 bridgehead atoms. The Balaban J connectivity index is 4.41. The van der Waals surface area contributed by atoms with Crippen molar-refractivity contribution in [1.29, 1.82) is 0 Å². The van der Waals surface area contributed by atoms with Gasteiger partial charge in [-0.05, 0) is 48.0 Å². The topological polar surface area (TPSA) is 61.7 Å². The second-order valence-corrected chi connectivity index (χ2v) is 6.16. The molecule has 0 aliphatic rings. The van der Waals surface area contributed by atoms with Crippen LogP contribution in [0.25, 0.3) is 0 Å². The predicted molar refractivity (Wildman–Crippen MR) is 69.5 cm³/mol. The van der Waals surface area contributed by atoms with Crippen LogP contribution in [0.4, 0.5) is 0 Å². The highest BCUT2D eigenvalue weighted by Crippen LogP contribution is 2.17. The van der Waals surface area contributed by atoms with Gasteiger partial charge in [0.1, 0.15) is 0 Å². The number of nitrogens with one attached hydrogen (secondary N) is 1. The Morgan fingerprint density at radius 3 is 2.06 bits per heavy atom. The molecule has 0 rings (SSSR count). The number of hydrogen-bond acceptors (Lipinski definition) is 4. The Kier molecular flexibility index (Phi) is 5.81. The second-order valence-electron chi connectivity index (χ2n) is 6.16.